The molecule has 166 valence electrons. The molecule has 2 amide bonds. The highest BCUT2D eigenvalue weighted by atomic mass is 35.5. The van der Waals surface area contributed by atoms with Gasteiger partial charge in [0.15, 0.2) is 0 Å². The molecule has 3 rings (SSSR count). The van der Waals surface area contributed by atoms with E-state index in [1.54, 1.807) is 42.2 Å². The maximum Gasteiger partial charge on any atom is 0.242 e. The van der Waals surface area contributed by atoms with E-state index in [2.05, 4.69) is 5.32 Å². The highest BCUT2D eigenvalue weighted by Crippen LogP contribution is 2.17. The minimum Gasteiger partial charge on any atom is -0.350 e. The lowest BCUT2D eigenvalue weighted by Gasteiger charge is -2.29. The van der Waals surface area contributed by atoms with Crippen LogP contribution in [0.25, 0.3) is 0 Å². The number of halogens is 3. The SMILES string of the molecule is CC(C(=O)NCc1ccccc1Cl)N(Cc1ccc(Cl)cc1)C(=O)Cc1ccc(Cl)cc1. The Morgan fingerprint density at radius 2 is 1.41 bits per heavy atom. The van der Waals surface area contributed by atoms with Crippen LogP contribution in [0.4, 0.5) is 0 Å². The van der Waals surface area contributed by atoms with Crippen molar-refractivity contribution < 1.29 is 9.59 Å². The molecule has 0 saturated carbocycles. The molecule has 3 aromatic carbocycles. The third-order valence-corrected chi connectivity index (χ3v) is 5.99. The number of hydrogen-bond acceptors (Lipinski definition) is 2. The van der Waals surface area contributed by atoms with Crippen LogP contribution in [0.1, 0.15) is 23.6 Å². The van der Waals surface area contributed by atoms with Gasteiger partial charge in [-0.3, -0.25) is 9.59 Å². The van der Waals surface area contributed by atoms with Crippen molar-refractivity contribution in [2.45, 2.75) is 32.5 Å². The third kappa shape index (κ3) is 6.73. The lowest BCUT2D eigenvalue weighted by Crippen LogP contribution is -2.48. The molecular formula is C25H23Cl3N2O2. The monoisotopic (exact) mass is 488 g/mol. The highest BCUT2D eigenvalue weighted by molar-refractivity contribution is 6.31. The fourth-order valence-electron chi connectivity index (χ4n) is 3.22. The average Bonchev–Trinajstić information content (AvgIpc) is 2.79. The standard InChI is InChI=1S/C25H23Cl3N2O2/c1-17(25(32)29-15-20-4-2-3-5-23(20)28)30(16-19-8-12-22(27)13-9-19)24(31)14-18-6-10-21(26)11-7-18/h2-13,17H,14-16H2,1H3,(H,29,32). The van der Waals surface area contributed by atoms with Crippen molar-refractivity contribution in [3.8, 4) is 0 Å². The Morgan fingerprint density at radius 1 is 0.844 bits per heavy atom. The topological polar surface area (TPSA) is 49.4 Å². The van der Waals surface area contributed by atoms with Gasteiger partial charge in [0.25, 0.3) is 0 Å². The lowest BCUT2D eigenvalue weighted by atomic mass is 10.1. The first kappa shape index (κ1) is 24.1. The zero-order valence-electron chi connectivity index (χ0n) is 17.5. The highest BCUT2D eigenvalue weighted by Gasteiger charge is 2.26. The van der Waals surface area contributed by atoms with E-state index in [0.29, 0.717) is 15.1 Å². The number of carbonyl (C=O) groups is 2. The van der Waals surface area contributed by atoms with Crippen LogP contribution < -0.4 is 5.32 Å². The number of benzene rings is 3. The second-order valence-corrected chi connectivity index (χ2v) is 8.72. The van der Waals surface area contributed by atoms with Gasteiger partial charge in [-0.2, -0.15) is 0 Å². The van der Waals surface area contributed by atoms with E-state index in [4.69, 9.17) is 34.8 Å². The summed E-state index contributed by atoms with van der Waals surface area (Å²) in [5.74, 6) is -0.425. The summed E-state index contributed by atoms with van der Waals surface area (Å²) in [5.41, 5.74) is 2.51. The minimum atomic E-state index is -0.687. The van der Waals surface area contributed by atoms with Gasteiger partial charge in [0.1, 0.15) is 6.04 Å². The predicted molar refractivity (Wildman–Crippen MR) is 130 cm³/mol. The van der Waals surface area contributed by atoms with Crippen LogP contribution in [0.3, 0.4) is 0 Å². The van der Waals surface area contributed by atoms with Crippen LogP contribution in [0.2, 0.25) is 15.1 Å². The first-order chi connectivity index (χ1) is 15.3. The van der Waals surface area contributed by atoms with Gasteiger partial charge in [-0.25, -0.2) is 0 Å². The summed E-state index contributed by atoms with van der Waals surface area (Å²) in [5, 5.41) is 4.68. The fraction of sp³-hybridized carbons (Fsp3) is 0.200. The van der Waals surface area contributed by atoms with Crippen molar-refractivity contribution in [1.82, 2.24) is 10.2 Å². The van der Waals surface area contributed by atoms with E-state index in [-0.39, 0.29) is 31.3 Å². The molecule has 0 aliphatic heterocycles. The summed E-state index contributed by atoms with van der Waals surface area (Å²) < 4.78 is 0. The van der Waals surface area contributed by atoms with E-state index in [1.807, 2.05) is 42.5 Å². The molecule has 0 saturated heterocycles. The van der Waals surface area contributed by atoms with Gasteiger partial charge in [0.05, 0.1) is 6.42 Å². The molecule has 0 aliphatic rings. The Morgan fingerprint density at radius 3 is 2.00 bits per heavy atom. The summed E-state index contributed by atoms with van der Waals surface area (Å²) in [4.78, 5) is 27.7. The number of nitrogens with one attached hydrogen (secondary N) is 1. The molecule has 0 heterocycles. The largest absolute Gasteiger partial charge is 0.350 e. The molecule has 1 unspecified atom stereocenters. The number of nitrogens with zero attached hydrogens (tertiary/aromatic N) is 1. The lowest BCUT2D eigenvalue weighted by molar-refractivity contribution is -0.140. The van der Waals surface area contributed by atoms with Crippen LogP contribution in [-0.4, -0.2) is 22.8 Å². The van der Waals surface area contributed by atoms with Crippen LogP contribution in [0.15, 0.2) is 72.8 Å². The number of amides is 2. The van der Waals surface area contributed by atoms with Crippen molar-refractivity contribution in [2.75, 3.05) is 0 Å². The normalized spacial score (nSPS) is 11.6. The minimum absolute atomic E-state index is 0.160. The Balaban J connectivity index is 1.75. The van der Waals surface area contributed by atoms with Crippen LogP contribution in [0, 0.1) is 0 Å². The molecule has 4 nitrogen and oxygen atoms in total. The molecule has 1 atom stereocenters. The summed E-state index contributed by atoms with van der Waals surface area (Å²) in [6.45, 7) is 2.28. The van der Waals surface area contributed by atoms with E-state index in [9.17, 15) is 9.59 Å². The van der Waals surface area contributed by atoms with E-state index < -0.39 is 6.04 Å². The van der Waals surface area contributed by atoms with Gasteiger partial charge in [-0.1, -0.05) is 77.3 Å². The predicted octanol–water partition coefficient (Wildman–Crippen LogP) is 5.92. The van der Waals surface area contributed by atoms with Crippen molar-refractivity contribution in [2.24, 2.45) is 0 Å². The van der Waals surface area contributed by atoms with Gasteiger partial charge >= 0.3 is 0 Å². The zero-order chi connectivity index (χ0) is 23.1. The van der Waals surface area contributed by atoms with Crippen LogP contribution in [-0.2, 0) is 29.1 Å². The van der Waals surface area contributed by atoms with E-state index >= 15 is 0 Å². The Hall–Kier alpha value is -2.53. The van der Waals surface area contributed by atoms with Crippen molar-refractivity contribution in [3.63, 3.8) is 0 Å². The molecule has 0 aromatic heterocycles. The molecule has 1 N–H and O–H groups in total. The van der Waals surface area contributed by atoms with Crippen LogP contribution >= 0.6 is 34.8 Å². The molecule has 0 aliphatic carbocycles. The molecule has 32 heavy (non-hydrogen) atoms. The quantitative estimate of drug-likeness (QED) is 0.427. The first-order valence-electron chi connectivity index (χ1n) is 10.1. The number of hydrogen-bond donors (Lipinski definition) is 1. The fourth-order valence-corrected chi connectivity index (χ4v) is 3.67. The molecule has 0 radical (unpaired) electrons. The second kappa shape index (κ2) is 11.4. The summed E-state index contributed by atoms with van der Waals surface area (Å²) in [6, 6.07) is 21.0. The molecule has 0 bridgehead atoms. The van der Waals surface area contributed by atoms with E-state index in [1.165, 1.54) is 0 Å². The zero-order valence-corrected chi connectivity index (χ0v) is 19.8. The number of rotatable bonds is 8. The van der Waals surface area contributed by atoms with Crippen molar-refractivity contribution in [1.29, 1.82) is 0 Å². The van der Waals surface area contributed by atoms with E-state index in [0.717, 1.165) is 16.7 Å². The smallest absolute Gasteiger partial charge is 0.242 e. The van der Waals surface area contributed by atoms with Crippen molar-refractivity contribution in [3.05, 3.63) is 105 Å². The molecule has 0 spiro atoms. The summed E-state index contributed by atoms with van der Waals surface area (Å²) in [6.07, 6.45) is 0.160. The Labute approximate surface area is 203 Å². The molecule has 7 heteroatoms. The molecule has 0 fully saturated rings. The molecular weight excluding hydrogens is 467 g/mol. The first-order valence-corrected chi connectivity index (χ1v) is 11.3. The average molecular weight is 490 g/mol. The Bertz CT molecular complexity index is 1070. The van der Waals surface area contributed by atoms with Crippen LogP contribution in [0.5, 0.6) is 0 Å². The third-order valence-electron chi connectivity index (χ3n) is 5.11. The maximum atomic E-state index is 13.2. The summed E-state index contributed by atoms with van der Waals surface area (Å²) in [7, 11) is 0. The van der Waals surface area contributed by atoms with Gasteiger partial charge in [-0.15, -0.1) is 0 Å². The Kier molecular flexibility index (Phi) is 8.57. The number of carbonyl (C=O) groups excluding carboxylic acids is 2. The summed E-state index contributed by atoms with van der Waals surface area (Å²) >= 11 is 18.1. The van der Waals surface area contributed by atoms with Crippen molar-refractivity contribution >= 4 is 46.6 Å². The van der Waals surface area contributed by atoms with Gasteiger partial charge < -0.3 is 10.2 Å². The van der Waals surface area contributed by atoms with Gasteiger partial charge in [-0.05, 0) is 53.9 Å². The maximum absolute atomic E-state index is 13.2. The van der Waals surface area contributed by atoms with Gasteiger partial charge in [0.2, 0.25) is 11.8 Å². The molecule has 3 aromatic rings. The second-order valence-electron chi connectivity index (χ2n) is 7.44. The van der Waals surface area contributed by atoms with Gasteiger partial charge in [0, 0.05) is 28.2 Å².